The minimum absolute atomic E-state index is 0. The minimum Gasteiger partial charge on any atom is -1.00 e. The maximum atomic E-state index is 11.9. The van der Waals surface area contributed by atoms with E-state index in [0.717, 1.165) is 77.4 Å². The summed E-state index contributed by atoms with van der Waals surface area (Å²) in [5.41, 5.74) is 0. The van der Waals surface area contributed by atoms with Gasteiger partial charge in [0, 0.05) is 0 Å². The van der Waals surface area contributed by atoms with E-state index in [0.29, 0.717) is 57.4 Å². The number of carbonyl (C=O) groups is 3. The smallest absolute Gasteiger partial charge is 1.00 e. The van der Waals surface area contributed by atoms with Gasteiger partial charge in [-0.15, -0.1) is 12.4 Å². The Balaban J connectivity index is -0.000000857. The second-order valence-corrected chi connectivity index (χ2v) is 17.5. The molecule has 17 heteroatoms. The average Bonchev–Trinajstić information content (AvgIpc) is 3.24. The molecule has 0 saturated heterocycles. The largest absolute Gasteiger partial charge is 1.00 e. The third-order valence-corrected chi connectivity index (χ3v) is 12.2. The summed E-state index contributed by atoms with van der Waals surface area (Å²) in [6.07, 6.45) is 34.4. The van der Waals surface area contributed by atoms with E-state index in [9.17, 15) is 14.4 Å². The van der Waals surface area contributed by atoms with Crippen molar-refractivity contribution in [2.24, 2.45) is 17.8 Å². The third kappa shape index (κ3) is 60.5. The van der Waals surface area contributed by atoms with Crippen molar-refractivity contribution in [3.05, 3.63) is 0 Å². The first-order valence-electron chi connectivity index (χ1n) is 25.9. The van der Waals surface area contributed by atoms with E-state index >= 15 is 0 Å². The summed E-state index contributed by atoms with van der Waals surface area (Å²) in [4.78, 5) is 38.5. The first-order valence-corrected chi connectivity index (χ1v) is 25.9. The van der Waals surface area contributed by atoms with Gasteiger partial charge in [0.2, 0.25) is 0 Å². The van der Waals surface area contributed by atoms with Crippen LogP contribution in [0.3, 0.4) is 0 Å². The monoisotopic (exact) mass is 1080 g/mol. The van der Waals surface area contributed by atoms with Crippen LogP contribution in [0.4, 0.5) is 14.4 Å². The molecule has 0 bridgehead atoms. The summed E-state index contributed by atoms with van der Waals surface area (Å²) in [6, 6.07) is 0. The van der Waals surface area contributed by atoms with Crippen molar-refractivity contribution in [1.29, 1.82) is 0 Å². The summed E-state index contributed by atoms with van der Waals surface area (Å²) < 4.78 is 31.3. The molecule has 0 aromatic heterocycles. The number of hydrogen-bond donors (Lipinski definition) is 0. The number of carbonyl (C=O) groups excluding carboxylic acids is 3. The fourth-order valence-electron chi connectivity index (χ4n) is 8.49. The van der Waals surface area contributed by atoms with E-state index in [1.807, 2.05) is 0 Å². The number of nitrogens with zero attached hydrogens (tertiary/aromatic N) is 1. The molecular weight excluding hydrogens is 981 g/mol. The Kier molecular flexibility index (Phi) is 87.8. The van der Waals surface area contributed by atoms with Crippen molar-refractivity contribution in [3.8, 4) is 0 Å². The molecular formula is C51H100Cl4NNa3O9. The Hall–Kier alpha value is 1.93. The number of rotatable bonds is 45. The summed E-state index contributed by atoms with van der Waals surface area (Å²) in [5.74, 6) is 1.60. The molecule has 3 atom stereocenters. The van der Waals surface area contributed by atoms with Crippen molar-refractivity contribution in [2.75, 3.05) is 59.3 Å². The van der Waals surface area contributed by atoms with Crippen LogP contribution in [0, 0.1) is 17.8 Å². The van der Waals surface area contributed by atoms with Crippen LogP contribution in [0.2, 0.25) is 0 Å². The molecule has 0 fully saturated rings. The van der Waals surface area contributed by atoms with Gasteiger partial charge in [-0.2, -0.15) is 0 Å². The molecule has 0 aliphatic heterocycles. The molecule has 0 aromatic carbocycles. The molecule has 10 nitrogen and oxygen atoms in total. The molecule has 0 rings (SSSR count). The first kappa shape index (κ1) is 86.6. The molecule has 0 amide bonds. The summed E-state index contributed by atoms with van der Waals surface area (Å²) in [6.45, 7) is 17.7. The van der Waals surface area contributed by atoms with E-state index in [1.165, 1.54) is 135 Å². The van der Waals surface area contributed by atoms with Crippen LogP contribution in [-0.2, 0) is 28.4 Å². The van der Waals surface area contributed by atoms with E-state index in [2.05, 4.69) is 25.7 Å². The zero-order valence-corrected chi connectivity index (χ0v) is 54.6. The van der Waals surface area contributed by atoms with Gasteiger partial charge < -0.3 is 70.5 Å². The quantitative estimate of drug-likeness (QED) is 0.0291. The zero-order chi connectivity index (χ0) is 44.9. The molecule has 0 N–H and O–H groups in total. The number of halogens is 4. The topological polar surface area (TPSA) is 110 Å². The number of ether oxygens (including phenoxy) is 6. The predicted octanol–water partition coefficient (Wildman–Crippen LogP) is -2.14. The molecule has 68 heavy (non-hydrogen) atoms. The van der Waals surface area contributed by atoms with Gasteiger partial charge >= 0.3 is 107 Å². The molecule has 0 aliphatic rings. The molecule has 3 unspecified atom stereocenters. The molecule has 0 spiro atoms. The molecule has 0 aliphatic carbocycles. The van der Waals surface area contributed by atoms with Crippen molar-refractivity contribution in [3.63, 3.8) is 0 Å². The van der Waals surface area contributed by atoms with Gasteiger partial charge in [-0.25, -0.2) is 14.4 Å². The second-order valence-electron chi connectivity index (χ2n) is 17.5. The van der Waals surface area contributed by atoms with Crippen LogP contribution in [0.25, 0.3) is 0 Å². The summed E-state index contributed by atoms with van der Waals surface area (Å²) >= 11 is 0. The van der Waals surface area contributed by atoms with Crippen molar-refractivity contribution < 1.29 is 169 Å². The van der Waals surface area contributed by atoms with Gasteiger partial charge in [0.05, 0.1) is 39.6 Å². The second kappa shape index (κ2) is 68.9. The van der Waals surface area contributed by atoms with E-state index < -0.39 is 18.5 Å². The van der Waals surface area contributed by atoms with Gasteiger partial charge in [0.15, 0.2) is 0 Å². The van der Waals surface area contributed by atoms with E-state index in [-0.39, 0.29) is 138 Å². The Labute approximate surface area is 510 Å². The van der Waals surface area contributed by atoms with Crippen molar-refractivity contribution in [2.45, 2.75) is 234 Å². The van der Waals surface area contributed by atoms with Crippen LogP contribution in [-0.4, -0.2) is 82.6 Å². The Morgan fingerprint density at radius 3 is 0.779 bits per heavy atom. The molecule has 0 radical (unpaired) electrons. The van der Waals surface area contributed by atoms with Crippen LogP contribution >= 0.6 is 12.4 Å². The fourth-order valence-corrected chi connectivity index (χ4v) is 8.49. The molecule has 394 valence electrons. The Morgan fingerprint density at radius 1 is 0.324 bits per heavy atom. The SMILES string of the molecule is CCCCCCCCC(CCCN(CCCC(CCCCCCCC)CCOC(=O)OCC)CCCC(CCCCCCCC)CCOC(=O)OCC)CCOC(=O)OCC.Cl.[Cl-].[Cl-].[Cl-].[Na+].[Na+].[Na+]. The predicted molar refractivity (Wildman–Crippen MR) is 259 cm³/mol. The maximum Gasteiger partial charge on any atom is 1.00 e. The standard InChI is InChI=1S/C51H99NO9.4ClH.3Na/c1-7-13-16-19-22-25-31-46(37-43-59-49(53)56-10-4)34-28-40-52(41-29-35-47(32-26-23-20-17-14-8-2)38-44-60-50(54)57-11-5)42-30-36-48(33-27-24-21-18-15-9-3)39-45-61-51(55)58-12-6;;;;;;;/h46-48H,7-45H2,1-6H3;4*1H;;;/q;;;;;3*+1/p-3. The summed E-state index contributed by atoms with van der Waals surface area (Å²) in [5, 5.41) is 0. The van der Waals surface area contributed by atoms with Crippen molar-refractivity contribution >= 4 is 30.9 Å². The van der Waals surface area contributed by atoms with Crippen molar-refractivity contribution in [1.82, 2.24) is 4.90 Å². The number of hydrogen-bond acceptors (Lipinski definition) is 10. The maximum absolute atomic E-state index is 11.9. The normalized spacial score (nSPS) is 11.5. The van der Waals surface area contributed by atoms with E-state index in [1.54, 1.807) is 20.8 Å². The molecule has 0 heterocycles. The van der Waals surface area contributed by atoms with Gasteiger partial charge in [-0.05, 0) is 116 Å². The first-order chi connectivity index (χ1) is 29.8. The Morgan fingerprint density at radius 2 is 0.544 bits per heavy atom. The number of unbranched alkanes of at least 4 members (excludes halogenated alkanes) is 15. The van der Waals surface area contributed by atoms with Crippen LogP contribution in [0.1, 0.15) is 234 Å². The Bertz CT molecular complexity index is 887. The van der Waals surface area contributed by atoms with Crippen LogP contribution < -0.4 is 126 Å². The van der Waals surface area contributed by atoms with Gasteiger partial charge in [-0.3, -0.25) is 0 Å². The van der Waals surface area contributed by atoms with Gasteiger partial charge in [0.1, 0.15) is 0 Å². The van der Waals surface area contributed by atoms with E-state index in [4.69, 9.17) is 28.4 Å². The zero-order valence-electron chi connectivity index (χ0n) is 45.5. The minimum atomic E-state index is -0.559. The van der Waals surface area contributed by atoms with Gasteiger partial charge in [-0.1, -0.05) is 156 Å². The summed E-state index contributed by atoms with van der Waals surface area (Å²) in [7, 11) is 0. The fraction of sp³-hybridized carbons (Fsp3) is 0.941. The van der Waals surface area contributed by atoms with Crippen LogP contribution in [0.5, 0.6) is 0 Å². The van der Waals surface area contributed by atoms with Crippen LogP contribution in [0.15, 0.2) is 0 Å². The molecule has 0 aromatic rings. The molecule has 0 saturated carbocycles. The van der Waals surface area contributed by atoms with Gasteiger partial charge in [0.25, 0.3) is 0 Å². The third-order valence-electron chi connectivity index (χ3n) is 12.2. The average molecular weight is 1080 g/mol.